The van der Waals surface area contributed by atoms with E-state index >= 15 is 0 Å². The molecule has 0 saturated carbocycles. The van der Waals surface area contributed by atoms with Gasteiger partial charge in [0.1, 0.15) is 5.82 Å². The molecule has 0 aliphatic heterocycles. The van der Waals surface area contributed by atoms with E-state index < -0.39 is 0 Å². The minimum absolute atomic E-state index is 0.0771. The van der Waals surface area contributed by atoms with Crippen LogP contribution in [0.2, 0.25) is 0 Å². The molecule has 0 aliphatic rings. The lowest BCUT2D eigenvalue weighted by Crippen LogP contribution is -2.37. The SMILES string of the molecule is CCC(CO)NC(=O)Cc1ccn(-c2ccc(F)cc2)n1. The quantitative estimate of drug-likeness (QED) is 0.846. The number of halogens is 1. The summed E-state index contributed by atoms with van der Waals surface area (Å²) < 4.78 is 14.5. The predicted octanol–water partition coefficient (Wildman–Crippen LogP) is 1.44. The summed E-state index contributed by atoms with van der Waals surface area (Å²) in [4.78, 5) is 11.8. The number of nitrogens with one attached hydrogen (secondary N) is 1. The highest BCUT2D eigenvalue weighted by molar-refractivity contribution is 5.78. The van der Waals surface area contributed by atoms with E-state index in [9.17, 15) is 9.18 Å². The van der Waals surface area contributed by atoms with E-state index in [0.717, 1.165) is 5.69 Å². The van der Waals surface area contributed by atoms with Gasteiger partial charge in [0.05, 0.1) is 30.5 Å². The number of hydrogen-bond acceptors (Lipinski definition) is 3. The highest BCUT2D eigenvalue weighted by Gasteiger charge is 2.11. The summed E-state index contributed by atoms with van der Waals surface area (Å²) in [6.45, 7) is 1.82. The van der Waals surface area contributed by atoms with Crippen LogP contribution < -0.4 is 5.32 Å². The van der Waals surface area contributed by atoms with Gasteiger partial charge in [-0.2, -0.15) is 5.10 Å². The fourth-order valence-electron chi connectivity index (χ4n) is 1.91. The van der Waals surface area contributed by atoms with E-state index in [1.165, 1.54) is 12.1 Å². The first kappa shape index (κ1) is 15.2. The van der Waals surface area contributed by atoms with Crippen LogP contribution in [0.5, 0.6) is 0 Å². The monoisotopic (exact) mass is 291 g/mol. The fourth-order valence-corrected chi connectivity index (χ4v) is 1.91. The topological polar surface area (TPSA) is 67.2 Å². The van der Waals surface area contributed by atoms with Crippen molar-refractivity contribution in [2.24, 2.45) is 0 Å². The Balaban J connectivity index is 2.00. The molecule has 21 heavy (non-hydrogen) atoms. The summed E-state index contributed by atoms with van der Waals surface area (Å²) in [5.74, 6) is -0.486. The van der Waals surface area contributed by atoms with Crippen molar-refractivity contribution in [3.05, 3.63) is 48.0 Å². The second-order valence-electron chi connectivity index (χ2n) is 4.76. The van der Waals surface area contributed by atoms with Gasteiger partial charge < -0.3 is 10.4 Å². The zero-order valence-corrected chi connectivity index (χ0v) is 11.8. The molecule has 0 saturated heterocycles. The average molecular weight is 291 g/mol. The van der Waals surface area contributed by atoms with Gasteiger partial charge in [0, 0.05) is 6.20 Å². The third kappa shape index (κ3) is 4.13. The van der Waals surface area contributed by atoms with Crippen LogP contribution in [0.1, 0.15) is 19.0 Å². The van der Waals surface area contributed by atoms with Crippen LogP contribution in [0.3, 0.4) is 0 Å². The van der Waals surface area contributed by atoms with E-state index in [-0.39, 0.29) is 30.8 Å². The second-order valence-corrected chi connectivity index (χ2v) is 4.76. The number of benzene rings is 1. The number of carbonyl (C=O) groups is 1. The van der Waals surface area contributed by atoms with Gasteiger partial charge in [-0.15, -0.1) is 0 Å². The first-order chi connectivity index (χ1) is 10.1. The van der Waals surface area contributed by atoms with Crippen molar-refractivity contribution in [2.75, 3.05) is 6.61 Å². The summed E-state index contributed by atoms with van der Waals surface area (Å²) in [5.41, 5.74) is 1.34. The zero-order valence-electron chi connectivity index (χ0n) is 11.8. The molecule has 1 heterocycles. The largest absolute Gasteiger partial charge is 0.394 e. The van der Waals surface area contributed by atoms with Crippen LogP contribution in [-0.2, 0) is 11.2 Å². The number of aromatic nitrogens is 2. The number of rotatable bonds is 6. The molecule has 6 heteroatoms. The van der Waals surface area contributed by atoms with Gasteiger partial charge in [-0.25, -0.2) is 9.07 Å². The average Bonchev–Trinajstić information content (AvgIpc) is 2.94. The Bertz CT molecular complexity index is 591. The van der Waals surface area contributed by atoms with Crippen LogP contribution >= 0.6 is 0 Å². The Kier molecular flexibility index (Phi) is 5.05. The number of amides is 1. The van der Waals surface area contributed by atoms with Gasteiger partial charge in [0.25, 0.3) is 0 Å². The minimum atomic E-state index is -0.305. The molecule has 1 unspecified atom stereocenters. The lowest BCUT2D eigenvalue weighted by Gasteiger charge is -2.13. The number of aliphatic hydroxyl groups is 1. The molecule has 112 valence electrons. The first-order valence-electron chi connectivity index (χ1n) is 6.83. The maximum absolute atomic E-state index is 12.9. The van der Waals surface area contributed by atoms with Crippen molar-refractivity contribution in [1.29, 1.82) is 0 Å². The molecule has 0 fully saturated rings. The smallest absolute Gasteiger partial charge is 0.226 e. The highest BCUT2D eigenvalue weighted by atomic mass is 19.1. The number of aliphatic hydroxyl groups excluding tert-OH is 1. The van der Waals surface area contributed by atoms with Crippen LogP contribution in [0.15, 0.2) is 36.5 Å². The Morgan fingerprint density at radius 3 is 2.71 bits per heavy atom. The molecule has 0 aliphatic carbocycles. The van der Waals surface area contributed by atoms with Gasteiger partial charge in [-0.1, -0.05) is 6.92 Å². The molecular weight excluding hydrogens is 273 g/mol. The Hall–Kier alpha value is -2.21. The minimum Gasteiger partial charge on any atom is -0.394 e. The van der Waals surface area contributed by atoms with Crippen LogP contribution in [0.4, 0.5) is 4.39 Å². The molecule has 2 rings (SSSR count). The standard InChI is InChI=1S/C15H18FN3O2/c1-2-12(10-20)17-15(21)9-13-7-8-19(18-13)14-5-3-11(16)4-6-14/h3-8,12,20H,2,9-10H2,1H3,(H,17,21). The van der Waals surface area contributed by atoms with Gasteiger partial charge in [-0.3, -0.25) is 4.79 Å². The molecule has 0 bridgehead atoms. The molecule has 2 aromatic rings. The van der Waals surface area contributed by atoms with Crippen molar-refractivity contribution in [3.8, 4) is 5.69 Å². The van der Waals surface area contributed by atoms with Gasteiger partial charge >= 0.3 is 0 Å². The van der Waals surface area contributed by atoms with E-state index in [1.54, 1.807) is 29.1 Å². The zero-order chi connectivity index (χ0) is 15.2. The lowest BCUT2D eigenvalue weighted by atomic mass is 10.2. The van der Waals surface area contributed by atoms with Crippen LogP contribution in [-0.4, -0.2) is 33.4 Å². The van der Waals surface area contributed by atoms with Crippen LogP contribution in [0.25, 0.3) is 5.69 Å². The Morgan fingerprint density at radius 2 is 2.10 bits per heavy atom. The summed E-state index contributed by atoms with van der Waals surface area (Å²) >= 11 is 0. The highest BCUT2D eigenvalue weighted by Crippen LogP contribution is 2.09. The summed E-state index contributed by atoms with van der Waals surface area (Å²) in [6.07, 6.45) is 2.54. The van der Waals surface area contributed by atoms with Crippen molar-refractivity contribution in [1.82, 2.24) is 15.1 Å². The van der Waals surface area contributed by atoms with Gasteiger partial charge in [0.2, 0.25) is 5.91 Å². The normalized spacial score (nSPS) is 12.1. The third-order valence-corrected chi connectivity index (χ3v) is 3.16. The molecule has 0 spiro atoms. The predicted molar refractivity (Wildman–Crippen MR) is 76.5 cm³/mol. The molecule has 1 aromatic heterocycles. The fraction of sp³-hybridized carbons (Fsp3) is 0.333. The maximum atomic E-state index is 12.9. The Morgan fingerprint density at radius 1 is 1.38 bits per heavy atom. The van der Waals surface area contributed by atoms with E-state index in [4.69, 9.17) is 5.11 Å². The molecule has 1 atom stereocenters. The van der Waals surface area contributed by atoms with Gasteiger partial charge in [0.15, 0.2) is 0 Å². The number of nitrogens with zero attached hydrogens (tertiary/aromatic N) is 2. The Labute approximate surface area is 122 Å². The van der Waals surface area contributed by atoms with E-state index in [1.807, 2.05) is 6.92 Å². The van der Waals surface area contributed by atoms with E-state index in [2.05, 4.69) is 10.4 Å². The van der Waals surface area contributed by atoms with E-state index in [0.29, 0.717) is 12.1 Å². The van der Waals surface area contributed by atoms with Crippen molar-refractivity contribution >= 4 is 5.91 Å². The molecule has 1 amide bonds. The van der Waals surface area contributed by atoms with Crippen molar-refractivity contribution in [2.45, 2.75) is 25.8 Å². The molecular formula is C15H18FN3O2. The van der Waals surface area contributed by atoms with Crippen molar-refractivity contribution < 1.29 is 14.3 Å². The first-order valence-corrected chi connectivity index (χ1v) is 6.83. The van der Waals surface area contributed by atoms with Crippen molar-refractivity contribution in [3.63, 3.8) is 0 Å². The van der Waals surface area contributed by atoms with Gasteiger partial charge in [-0.05, 0) is 36.8 Å². The summed E-state index contributed by atoms with van der Waals surface area (Å²) in [7, 11) is 0. The third-order valence-electron chi connectivity index (χ3n) is 3.16. The molecule has 0 radical (unpaired) electrons. The molecule has 5 nitrogen and oxygen atoms in total. The molecule has 1 aromatic carbocycles. The summed E-state index contributed by atoms with van der Waals surface area (Å²) in [5, 5.41) is 16.1. The second kappa shape index (κ2) is 6.99. The van der Waals surface area contributed by atoms with Crippen LogP contribution in [0, 0.1) is 5.82 Å². The lowest BCUT2D eigenvalue weighted by molar-refractivity contribution is -0.121. The molecule has 2 N–H and O–H groups in total. The maximum Gasteiger partial charge on any atom is 0.226 e. The number of carbonyl (C=O) groups excluding carboxylic acids is 1. The summed E-state index contributed by atoms with van der Waals surface area (Å²) in [6, 6.07) is 7.46. The number of hydrogen-bond donors (Lipinski definition) is 2.